The van der Waals surface area contributed by atoms with Crippen LogP contribution in [-0.2, 0) is 14.3 Å². The quantitative estimate of drug-likeness (QED) is 0.828. The molecule has 0 aliphatic carbocycles. The Morgan fingerprint density at radius 3 is 2.54 bits per heavy atom. The van der Waals surface area contributed by atoms with Gasteiger partial charge in [-0.1, -0.05) is 12.1 Å². The van der Waals surface area contributed by atoms with Gasteiger partial charge in [-0.2, -0.15) is 0 Å². The molecule has 0 atom stereocenters. The van der Waals surface area contributed by atoms with E-state index < -0.39 is 11.1 Å². The zero-order valence-corrected chi connectivity index (χ0v) is 13.6. The summed E-state index contributed by atoms with van der Waals surface area (Å²) < 4.78 is 5.18. The zero-order valence-electron chi connectivity index (χ0n) is 12.8. The first kappa shape index (κ1) is 16.5. The highest BCUT2D eigenvalue weighted by Crippen LogP contribution is 2.32. The van der Waals surface area contributed by atoms with Crippen LogP contribution in [0.4, 0.5) is 4.79 Å². The summed E-state index contributed by atoms with van der Waals surface area (Å²) >= 11 is 0.810. The summed E-state index contributed by atoms with van der Waals surface area (Å²) in [6.45, 7) is 1.62. The number of nitrogens with zero attached hydrogens (tertiary/aromatic N) is 2. The van der Waals surface area contributed by atoms with Crippen molar-refractivity contribution >= 4 is 34.9 Å². The van der Waals surface area contributed by atoms with Crippen molar-refractivity contribution in [3.8, 4) is 5.75 Å². The SMILES string of the molecule is O=C(CN1C(=O)S/C(=C\c2ccc(O)cc2)C1=O)N1CCOCC1. The number of aromatic hydroxyl groups is 1. The van der Waals surface area contributed by atoms with Gasteiger partial charge in [0.25, 0.3) is 11.1 Å². The van der Waals surface area contributed by atoms with Crippen molar-refractivity contribution in [1.29, 1.82) is 0 Å². The lowest BCUT2D eigenvalue weighted by molar-refractivity contribution is -0.139. The molecule has 1 aromatic rings. The van der Waals surface area contributed by atoms with E-state index in [1.165, 1.54) is 12.1 Å². The first-order valence-corrected chi connectivity index (χ1v) is 8.26. The van der Waals surface area contributed by atoms with Crippen LogP contribution >= 0.6 is 11.8 Å². The van der Waals surface area contributed by atoms with Gasteiger partial charge in [0.05, 0.1) is 18.1 Å². The van der Waals surface area contributed by atoms with Gasteiger partial charge in [-0.15, -0.1) is 0 Å². The Bertz CT molecular complexity index is 695. The van der Waals surface area contributed by atoms with Gasteiger partial charge in [0.2, 0.25) is 5.91 Å². The minimum absolute atomic E-state index is 0.122. The van der Waals surface area contributed by atoms with Crippen molar-refractivity contribution in [2.45, 2.75) is 0 Å². The molecule has 2 fully saturated rings. The Morgan fingerprint density at radius 2 is 1.88 bits per heavy atom. The van der Waals surface area contributed by atoms with Gasteiger partial charge in [-0.25, -0.2) is 0 Å². The second-order valence-electron chi connectivity index (χ2n) is 5.35. The van der Waals surface area contributed by atoms with E-state index in [0.717, 1.165) is 16.7 Å². The number of carbonyl (C=O) groups excluding carboxylic acids is 3. The minimum Gasteiger partial charge on any atom is -0.508 e. The molecule has 2 aliphatic rings. The second-order valence-corrected chi connectivity index (χ2v) is 6.35. The van der Waals surface area contributed by atoms with Crippen molar-refractivity contribution in [3.05, 3.63) is 34.7 Å². The molecule has 0 radical (unpaired) electrons. The molecule has 8 heteroatoms. The van der Waals surface area contributed by atoms with E-state index in [1.54, 1.807) is 23.1 Å². The lowest BCUT2D eigenvalue weighted by Gasteiger charge is -2.28. The smallest absolute Gasteiger partial charge is 0.294 e. The summed E-state index contributed by atoms with van der Waals surface area (Å²) in [5.74, 6) is -0.609. The lowest BCUT2D eigenvalue weighted by atomic mass is 10.2. The largest absolute Gasteiger partial charge is 0.508 e. The van der Waals surface area contributed by atoms with Crippen LogP contribution in [-0.4, -0.2) is 64.8 Å². The summed E-state index contributed by atoms with van der Waals surface area (Å²) in [5.41, 5.74) is 0.692. The number of imide groups is 1. The summed E-state index contributed by atoms with van der Waals surface area (Å²) in [6.07, 6.45) is 1.57. The van der Waals surface area contributed by atoms with E-state index in [-0.39, 0.29) is 23.1 Å². The van der Waals surface area contributed by atoms with E-state index in [0.29, 0.717) is 31.9 Å². The molecule has 7 nitrogen and oxygen atoms in total. The van der Waals surface area contributed by atoms with Gasteiger partial charge in [0.1, 0.15) is 12.3 Å². The molecule has 1 N–H and O–H groups in total. The van der Waals surface area contributed by atoms with Crippen molar-refractivity contribution in [2.24, 2.45) is 0 Å². The molecule has 0 spiro atoms. The third kappa shape index (κ3) is 3.60. The summed E-state index contributed by atoms with van der Waals surface area (Å²) in [7, 11) is 0. The standard InChI is InChI=1S/C16H16N2O5S/c19-12-3-1-11(2-4-12)9-13-15(21)18(16(22)24-13)10-14(20)17-5-7-23-8-6-17/h1-4,9,19H,5-8,10H2/b13-9-. The van der Waals surface area contributed by atoms with Gasteiger partial charge >= 0.3 is 0 Å². The topological polar surface area (TPSA) is 87.2 Å². The number of hydrogen-bond acceptors (Lipinski definition) is 6. The van der Waals surface area contributed by atoms with Gasteiger partial charge in [0.15, 0.2) is 0 Å². The zero-order chi connectivity index (χ0) is 17.1. The number of phenolic OH excluding ortho intramolecular Hbond substituents is 1. The van der Waals surface area contributed by atoms with E-state index in [9.17, 15) is 19.5 Å². The van der Waals surface area contributed by atoms with Crippen molar-refractivity contribution in [3.63, 3.8) is 0 Å². The maximum atomic E-state index is 12.4. The number of carbonyl (C=O) groups is 3. The third-order valence-corrected chi connectivity index (χ3v) is 4.63. The maximum absolute atomic E-state index is 12.4. The molecule has 3 rings (SSSR count). The first-order chi connectivity index (χ1) is 11.5. The van der Waals surface area contributed by atoms with Crippen LogP contribution in [0.3, 0.4) is 0 Å². The molecular weight excluding hydrogens is 332 g/mol. The van der Waals surface area contributed by atoms with Crippen LogP contribution in [0.25, 0.3) is 6.08 Å². The monoisotopic (exact) mass is 348 g/mol. The first-order valence-electron chi connectivity index (χ1n) is 7.44. The summed E-state index contributed by atoms with van der Waals surface area (Å²) in [6, 6.07) is 6.28. The van der Waals surface area contributed by atoms with E-state index in [1.807, 2.05) is 0 Å². The average Bonchev–Trinajstić information content (AvgIpc) is 2.85. The highest BCUT2D eigenvalue weighted by molar-refractivity contribution is 8.18. The van der Waals surface area contributed by atoms with E-state index in [4.69, 9.17) is 4.74 Å². The van der Waals surface area contributed by atoms with Crippen LogP contribution in [0.15, 0.2) is 29.2 Å². The fourth-order valence-corrected chi connectivity index (χ4v) is 3.24. The Hall–Kier alpha value is -2.32. The fourth-order valence-electron chi connectivity index (χ4n) is 2.41. The van der Waals surface area contributed by atoms with E-state index in [2.05, 4.69) is 0 Å². The Morgan fingerprint density at radius 1 is 1.21 bits per heavy atom. The molecule has 0 unspecified atom stereocenters. The number of hydrogen-bond donors (Lipinski definition) is 1. The Labute approximate surface area is 142 Å². The number of ether oxygens (including phenoxy) is 1. The maximum Gasteiger partial charge on any atom is 0.294 e. The van der Waals surface area contributed by atoms with Crippen LogP contribution in [0.5, 0.6) is 5.75 Å². The molecule has 126 valence electrons. The van der Waals surface area contributed by atoms with Gasteiger partial charge in [-0.3, -0.25) is 19.3 Å². The van der Waals surface area contributed by atoms with Crippen molar-refractivity contribution in [1.82, 2.24) is 9.80 Å². The molecule has 0 bridgehead atoms. The number of benzene rings is 1. The Balaban J connectivity index is 1.69. The van der Waals surface area contributed by atoms with Gasteiger partial charge in [-0.05, 0) is 35.5 Å². The number of morpholine rings is 1. The molecule has 3 amide bonds. The molecular formula is C16H16N2O5S. The predicted octanol–water partition coefficient (Wildman–Crippen LogP) is 1.29. The summed E-state index contributed by atoms with van der Waals surface area (Å²) in [5, 5.41) is 8.82. The van der Waals surface area contributed by atoms with Crippen LogP contribution in [0.2, 0.25) is 0 Å². The highest BCUT2D eigenvalue weighted by atomic mass is 32.2. The van der Waals surface area contributed by atoms with Crippen LogP contribution < -0.4 is 0 Å². The fraction of sp³-hybridized carbons (Fsp3) is 0.312. The lowest BCUT2D eigenvalue weighted by Crippen LogP contribution is -2.46. The average molecular weight is 348 g/mol. The molecule has 2 aliphatic heterocycles. The molecule has 2 saturated heterocycles. The number of thioether (sulfide) groups is 1. The van der Waals surface area contributed by atoms with Crippen LogP contribution in [0.1, 0.15) is 5.56 Å². The molecule has 0 saturated carbocycles. The van der Waals surface area contributed by atoms with Gasteiger partial charge < -0.3 is 14.7 Å². The Kier molecular flexibility index (Phi) is 4.86. The van der Waals surface area contributed by atoms with Crippen molar-refractivity contribution in [2.75, 3.05) is 32.8 Å². The van der Waals surface area contributed by atoms with E-state index >= 15 is 0 Å². The van der Waals surface area contributed by atoms with Crippen molar-refractivity contribution < 1.29 is 24.2 Å². The predicted molar refractivity (Wildman–Crippen MR) is 88.2 cm³/mol. The van der Waals surface area contributed by atoms with Crippen LogP contribution in [0, 0.1) is 0 Å². The molecule has 1 aromatic carbocycles. The highest BCUT2D eigenvalue weighted by Gasteiger charge is 2.37. The summed E-state index contributed by atoms with van der Waals surface area (Å²) in [4.78, 5) is 39.5. The van der Waals surface area contributed by atoms with Gasteiger partial charge in [0, 0.05) is 13.1 Å². The molecule has 24 heavy (non-hydrogen) atoms. The minimum atomic E-state index is -0.473. The molecule has 0 aromatic heterocycles. The number of rotatable bonds is 3. The number of amides is 3. The molecule has 2 heterocycles. The number of phenols is 1. The third-order valence-electron chi connectivity index (χ3n) is 3.72. The normalized spacial score (nSPS) is 20.1. The second kappa shape index (κ2) is 7.06.